The van der Waals surface area contributed by atoms with Crippen molar-refractivity contribution in [3.8, 4) is 0 Å². The number of carbonyl (C=O) groups excluding carboxylic acids is 1. The van der Waals surface area contributed by atoms with Gasteiger partial charge in [-0.2, -0.15) is 4.31 Å². The van der Waals surface area contributed by atoms with Gasteiger partial charge in [0.2, 0.25) is 15.9 Å². The average molecular weight is 330 g/mol. The molecule has 3 rings (SSSR count). The number of sulfonamides is 1. The molecule has 2 aromatic rings. The Morgan fingerprint density at radius 3 is 2.26 bits per heavy atom. The van der Waals surface area contributed by atoms with Gasteiger partial charge in [-0.15, -0.1) is 0 Å². The number of carbonyl (C=O) groups is 1. The first-order chi connectivity index (χ1) is 10.9. The number of hydrogen-bond donors (Lipinski definition) is 1. The van der Waals surface area contributed by atoms with Crippen LogP contribution in [0.1, 0.15) is 24.1 Å². The molecule has 1 amide bonds. The first-order valence-electron chi connectivity index (χ1n) is 7.34. The van der Waals surface area contributed by atoms with E-state index in [1.807, 2.05) is 19.1 Å². The van der Waals surface area contributed by atoms with Crippen molar-refractivity contribution in [2.45, 2.75) is 24.8 Å². The lowest BCUT2D eigenvalue weighted by molar-refractivity contribution is -0.114. The van der Waals surface area contributed by atoms with Crippen LogP contribution in [0, 0.1) is 6.92 Å². The molecule has 1 aliphatic heterocycles. The maximum absolute atomic E-state index is 12.6. The van der Waals surface area contributed by atoms with Crippen LogP contribution in [-0.2, 0) is 14.8 Å². The molecule has 2 unspecified atom stereocenters. The molecule has 6 heteroatoms. The zero-order chi connectivity index (χ0) is 16.6. The van der Waals surface area contributed by atoms with Crippen LogP contribution in [0.25, 0.3) is 0 Å². The fraction of sp³-hybridized carbons (Fsp3) is 0.235. The van der Waals surface area contributed by atoms with Gasteiger partial charge in [-0.1, -0.05) is 29.8 Å². The number of hydrogen-bond acceptors (Lipinski definition) is 3. The van der Waals surface area contributed by atoms with E-state index in [9.17, 15) is 13.2 Å². The number of nitrogens with zero attached hydrogens (tertiary/aromatic N) is 1. The fourth-order valence-corrected chi connectivity index (χ4v) is 4.04. The monoisotopic (exact) mass is 330 g/mol. The van der Waals surface area contributed by atoms with Crippen LogP contribution in [-0.4, -0.2) is 25.2 Å². The third-order valence-electron chi connectivity index (χ3n) is 3.81. The molecule has 1 aliphatic rings. The highest BCUT2D eigenvalue weighted by Crippen LogP contribution is 2.40. The predicted molar refractivity (Wildman–Crippen MR) is 88.6 cm³/mol. The number of benzene rings is 2. The van der Waals surface area contributed by atoms with Gasteiger partial charge >= 0.3 is 0 Å². The summed E-state index contributed by atoms with van der Waals surface area (Å²) in [6, 6.07) is 14.0. The molecule has 23 heavy (non-hydrogen) atoms. The minimum Gasteiger partial charge on any atom is -0.326 e. The van der Waals surface area contributed by atoms with Gasteiger partial charge in [-0.3, -0.25) is 4.79 Å². The highest BCUT2D eigenvalue weighted by atomic mass is 32.2. The highest BCUT2D eigenvalue weighted by Gasteiger charge is 2.45. The number of rotatable bonds is 4. The lowest BCUT2D eigenvalue weighted by atomic mass is 10.1. The van der Waals surface area contributed by atoms with Crippen LogP contribution in [0.15, 0.2) is 53.4 Å². The molecule has 120 valence electrons. The molecule has 0 bridgehead atoms. The van der Waals surface area contributed by atoms with E-state index < -0.39 is 10.0 Å². The Kier molecular flexibility index (Phi) is 3.95. The molecule has 1 N–H and O–H groups in total. The van der Waals surface area contributed by atoms with Gasteiger partial charge in [-0.25, -0.2) is 8.42 Å². The van der Waals surface area contributed by atoms with Crippen molar-refractivity contribution in [2.24, 2.45) is 0 Å². The van der Waals surface area contributed by atoms with Crippen LogP contribution in [0.2, 0.25) is 0 Å². The van der Waals surface area contributed by atoms with Gasteiger partial charge < -0.3 is 5.32 Å². The normalized spacial score (nSPS) is 20.1. The van der Waals surface area contributed by atoms with Crippen LogP contribution in [0.5, 0.6) is 0 Å². The highest BCUT2D eigenvalue weighted by molar-refractivity contribution is 7.89. The van der Waals surface area contributed by atoms with Gasteiger partial charge in [0.1, 0.15) is 0 Å². The van der Waals surface area contributed by atoms with Crippen LogP contribution >= 0.6 is 0 Å². The Morgan fingerprint density at radius 2 is 1.70 bits per heavy atom. The summed E-state index contributed by atoms with van der Waals surface area (Å²) in [6.45, 7) is 3.85. The summed E-state index contributed by atoms with van der Waals surface area (Å²) >= 11 is 0. The summed E-state index contributed by atoms with van der Waals surface area (Å²) in [5, 5.41) is 2.69. The maximum Gasteiger partial charge on any atom is 0.243 e. The van der Waals surface area contributed by atoms with E-state index >= 15 is 0 Å². The zero-order valence-electron chi connectivity index (χ0n) is 13.0. The van der Waals surface area contributed by atoms with Crippen LogP contribution in [0.4, 0.5) is 5.69 Å². The van der Waals surface area contributed by atoms with E-state index in [-0.39, 0.29) is 11.9 Å². The molecule has 0 aromatic heterocycles. The third-order valence-corrected chi connectivity index (χ3v) is 5.70. The molecule has 2 aromatic carbocycles. The molecule has 0 radical (unpaired) electrons. The molecule has 2 atom stereocenters. The molecule has 5 nitrogen and oxygen atoms in total. The number of aryl methyl sites for hydroxylation is 1. The van der Waals surface area contributed by atoms with E-state index in [1.54, 1.807) is 36.4 Å². The maximum atomic E-state index is 12.6. The lowest BCUT2D eigenvalue weighted by Crippen LogP contribution is -2.12. The van der Waals surface area contributed by atoms with E-state index in [1.165, 1.54) is 11.2 Å². The lowest BCUT2D eigenvalue weighted by Gasteiger charge is -2.08. The molecule has 0 saturated carbocycles. The SMILES string of the molecule is CC(=O)Nc1ccc(C2CN2S(=O)(=O)c2ccc(C)cc2)cc1. The Morgan fingerprint density at radius 1 is 1.09 bits per heavy atom. The summed E-state index contributed by atoms with van der Waals surface area (Å²) in [5.74, 6) is -0.132. The van der Waals surface area contributed by atoms with Crippen molar-refractivity contribution in [1.82, 2.24) is 4.31 Å². The first kappa shape index (κ1) is 15.7. The molecule has 1 fully saturated rings. The molecule has 1 saturated heterocycles. The second-order valence-electron chi connectivity index (χ2n) is 5.71. The quantitative estimate of drug-likeness (QED) is 0.877. The largest absolute Gasteiger partial charge is 0.326 e. The van der Waals surface area contributed by atoms with E-state index in [4.69, 9.17) is 0 Å². The fourth-order valence-electron chi connectivity index (χ4n) is 2.50. The van der Waals surface area contributed by atoms with E-state index in [0.717, 1.165) is 11.1 Å². The van der Waals surface area contributed by atoms with E-state index in [2.05, 4.69) is 5.32 Å². The molecular weight excluding hydrogens is 312 g/mol. The summed E-state index contributed by atoms with van der Waals surface area (Å²) in [6.07, 6.45) is 0. The number of amides is 1. The smallest absolute Gasteiger partial charge is 0.243 e. The minimum atomic E-state index is -3.45. The van der Waals surface area contributed by atoms with Crippen molar-refractivity contribution in [2.75, 3.05) is 11.9 Å². The van der Waals surface area contributed by atoms with Gasteiger partial charge in [0, 0.05) is 19.2 Å². The molecule has 0 spiro atoms. The van der Waals surface area contributed by atoms with Crippen molar-refractivity contribution in [1.29, 1.82) is 0 Å². The van der Waals surface area contributed by atoms with Crippen molar-refractivity contribution < 1.29 is 13.2 Å². The first-order valence-corrected chi connectivity index (χ1v) is 8.78. The number of nitrogens with one attached hydrogen (secondary N) is 1. The summed E-state index contributed by atoms with van der Waals surface area (Å²) in [5.41, 5.74) is 2.66. The summed E-state index contributed by atoms with van der Waals surface area (Å²) < 4.78 is 26.6. The average Bonchev–Trinajstić information content (AvgIpc) is 3.29. The molecule has 1 heterocycles. The summed E-state index contributed by atoms with van der Waals surface area (Å²) in [7, 11) is -3.45. The second-order valence-corrected chi connectivity index (χ2v) is 7.60. The Balaban J connectivity index is 1.76. The van der Waals surface area contributed by atoms with Crippen molar-refractivity contribution in [3.63, 3.8) is 0 Å². The zero-order valence-corrected chi connectivity index (χ0v) is 13.8. The van der Waals surface area contributed by atoms with Crippen LogP contribution < -0.4 is 5.32 Å². The van der Waals surface area contributed by atoms with E-state index in [0.29, 0.717) is 17.1 Å². The van der Waals surface area contributed by atoms with Crippen molar-refractivity contribution >= 4 is 21.6 Å². The number of anilines is 1. The Bertz CT molecular complexity index is 827. The Hall–Kier alpha value is -2.18. The van der Waals surface area contributed by atoms with Gasteiger partial charge in [0.05, 0.1) is 10.9 Å². The second kappa shape index (κ2) is 5.79. The Labute approximate surface area is 136 Å². The van der Waals surface area contributed by atoms with Gasteiger partial charge in [-0.05, 0) is 36.8 Å². The third kappa shape index (κ3) is 3.28. The van der Waals surface area contributed by atoms with Crippen LogP contribution in [0.3, 0.4) is 0 Å². The minimum absolute atomic E-state index is 0.132. The van der Waals surface area contributed by atoms with Crippen molar-refractivity contribution in [3.05, 3.63) is 59.7 Å². The van der Waals surface area contributed by atoms with Gasteiger partial charge in [0.15, 0.2) is 0 Å². The van der Waals surface area contributed by atoms with Gasteiger partial charge in [0.25, 0.3) is 0 Å². The molecular formula is C17H18N2O3S. The predicted octanol–water partition coefficient (Wildman–Crippen LogP) is 2.70. The standard InChI is InChI=1S/C17H18N2O3S/c1-12-3-9-16(10-4-12)23(21,22)19-11-17(19)14-5-7-15(8-6-14)18-13(2)20/h3-10,17H,11H2,1-2H3,(H,18,20). The topological polar surface area (TPSA) is 66.2 Å². The molecule has 0 aliphatic carbocycles. The summed E-state index contributed by atoms with van der Waals surface area (Å²) in [4.78, 5) is 11.3.